The van der Waals surface area contributed by atoms with Gasteiger partial charge in [-0.25, -0.2) is 9.37 Å². The van der Waals surface area contributed by atoms with E-state index in [1.807, 2.05) is 36.2 Å². The van der Waals surface area contributed by atoms with Crippen LogP contribution in [0.4, 0.5) is 4.39 Å². The monoisotopic (exact) mass is 316 g/mol. The molecular formula is C17H17FN2OS. The van der Waals surface area contributed by atoms with E-state index in [-0.39, 0.29) is 5.82 Å². The molecule has 0 saturated carbocycles. The number of halogens is 1. The molecule has 2 aromatic carbocycles. The van der Waals surface area contributed by atoms with E-state index in [0.717, 1.165) is 15.2 Å². The van der Waals surface area contributed by atoms with Crippen LogP contribution in [0, 0.1) is 5.82 Å². The molecule has 1 atom stereocenters. The van der Waals surface area contributed by atoms with Crippen molar-refractivity contribution in [1.29, 1.82) is 0 Å². The van der Waals surface area contributed by atoms with E-state index in [0.29, 0.717) is 18.7 Å². The number of rotatable bonds is 5. The van der Waals surface area contributed by atoms with Crippen LogP contribution < -0.4 is 0 Å². The number of likely N-dealkylation sites (N-methyl/N-ethyl adjacent to an activating group) is 1. The van der Waals surface area contributed by atoms with Crippen molar-refractivity contribution >= 4 is 21.6 Å². The van der Waals surface area contributed by atoms with Gasteiger partial charge in [-0.1, -0.05) is 30.3 Å². The Morgan fingerprint density at radius 3 is 2.68 bits per heavy atom. The highest BCUT2D eigenvalue weighted by molar-refractivity contribution is 7.18. The van der Waals surface area contributed by atoms with Crippen LogP contribution >= 0.6 is 11.3 Å². The highest BCUT2D eigenvalue weighted by Gasteiger charge is 2.15. The number of aromatic nitrogens is 1. The van der Waals surface area contributed by atoms with Crippen LogP contribution in [0.1, 0.15) is 16.7 Å². The third kappa shape index (κ3) is 3.32. The third-order valence-electron chi connectivity index (χ3n) is 3.49. The zero-order valence-electron chi connectivity index (χ0n) is 12.2. The summed E-state index contributed by atoms with van der Waals surface area (Å²) in [4.78, 5) is 6.52. The first-order valence-corrected chi connectivity index (χ1v) is 7.90. The SMILES string of the molecule is CN(Cc1nc2ccccc2s1)CC(O)c1ccccc1F. The number of thiazole rings is 1. The second-order valence-electron chi connectivity index (χ2n) is 5.31. The van der Waals surface area contributed by atoms with Gasteiger partial charge in [-0.05, 0) is 25.2 Å². The topological polar surface area (TPSA) is 36.4 Å². The molecule has 5 heteroatoms. The van der Waals surface area contributed by atoms with Crippen LogP contribution in [-0.4, -0.2) is 28.6 Å². The molecule has 0 aliphatic carbocycles. The summed E-state index contributed by atoms with van der Waals surface area (Å²) in [7, 11) is 1.90. The van der Waals surface area contributed by atoms with E-state index in [2.05, 4.69) is 4.98 Å². The Kier molecular flexibility index (Phi) is 4.47. The predicted octanol–water partition coefficient (Wildman–Crippen LogP) is 3.60. The van der Waals surface area contributed by atoms with Crippen LogP contribution in [-0.2, 0) is 6.54 Å². The van der Waals surface area contributed by atoms with E-state index < -0.39 is 6.10 Å². The number of aliphatic hydroxyl groups is 1. The first kappa shape index (κ1) is 15.1. The summed E-state index contributed by atoms with van der Waals surface area (Å²) in [6, 6.07) is 14.3. The molecule has 0 aliphatic rings. The number of para-hydroxylation sites is 1. The summed E-state index contributed by atoms with van der Waals surface area (Å²) >= 11 is 1.64. The molecule has 0 fully saturated rings. The third-order valence-corrected chi connectivity index (χ3v) is 4.51. The molecule has 1 aromatic heterocycles. The lowest BCUT2D eigenvalue weighted by Crippen LogP contribution is -2.24. The Labute approximate surface area is 132 Å². The predicted molar refractivity (Wildman–Crippen MR) is 87.3 cm³/mol. The number of aliphatic hydroxyl groups excluding tert-OH is 1. The van der Waals surface area contributed by atoms with Gasteiger partial charge in [0.05, 0.1) is 22.9 Å². The first-order valence-electron chi connectivity index (χ1n) is 7.09. The lowest BCUT2D eigenvalue weighted by molar-refractivity contribution is 0.120. The molecule has 0 spiro atoms. The Balaban J connectivity index is 1.67. The zero-order valence-corrected chi connectivity index (χ0v) is 13.1. The molecule has 3 aromatic rings. The van der Waals surface area contributed by atoms with Crippen molar-refractivity contribution in [3.8, 4) is 0 Å². The highest BCUT2D eigenvalue weighted by Crippen LogP contribution is 2.23. The molecule has 1 heterocycles. The minimum absolute atomic E-state index is 0.332. The fraction of sp³-hybridized carbons (Fsp3) is 0.235. The summed E-state index contributed by atoms with van der Waals surface area (Å²) in [6.07, 6.45) is -0.847. The van der Waals surface area contributed by atoms with Crippen LogP contribution in [0.5, 0.6) is 0 Å². The van der Waals surface area contributed by atoms with Gasteiger partial charge < -0.3 is 5.11 Å². The Morgan fingerprint density at radius 1 is 1.18 bits per heavy atom. The molecule has 3 nitrogen and oxygen atoms in total. The first-order chi connectivity index (χ1) is 10.6. The van der Waals surface area contributed by atoms with Crippen LogP contribution in [0.25, 0.3) is 10.2 Å². The Bertz CT molecular complexity index is 741. The van der Waals surface area contributed by atoms with Crippen molar-refractivity contribution in [2.24, 2.45) is 0 Å². The number of hydrogen-bond acceptors (Lipinski definition) is 4. The summed E-state index contributed by atoms with van der Waals surface area (Å²) in [5, 5.41) is 11.2. The van der Waals surface area contributed by atoms with E-state index >= 15 is 0 Å². The molecular weight excluding hydrogens is 299 g/mol. The van der Waals surface area contributed by atoms with E-state index in [4.69, 9.17) is 0 Å². The van der Waals surface area contributed by atoms with Crippen molar-refractivity contribution < 1.29 is 9.50 Å². The zero-order chi connectivity index (χ0) is 15.5. The number of hydrogen-bond donors (Lipinski definition) is 1. The summed E-state index contributed by atoms with van der Waals surface area (Å²) in [6.45, 7) is 0.988. The number of fused-ring (bicyclic) bond motifs is 1. The van der Waals surface area contributed by atoms with Gasteiger partial charge in [0.25, 0.3) is 0 Å². The average Bonchev–Trinajstić information content (AvgIpc) is 2.89. The molecule has 114 valence electrons. The van der Waals surface area contributed by atoms with Crippen molar-refractivity contribution in [3.63, 3.8) is 0 Å². The molecule has 1 N–H and O–H groups in total. The van der Waals surface area contributed by atoms with Crippen molar-refractivity contribution in [1.82, 2.24) is 9.88 Å². The second-order valence-corrected chi connectivity index (χ2v) is 6.42. The molecule has 0 amide bonds. The van der Waals surface area contributed by atoms with Gasteiger partial charge in [0.1, 0.15) is 10.8 Å². The normalized spacial score (nSPS) is 12.9. The highest BCUT2D eigenvalue weighted by atomic mass is 32.1. The quantitative estimate of drug-likeness (QED) is 0.781. The van der Waals surface area contributed by atoms with Gasteiger partial charge in [-0.2, -0.15) is 0 Å². The fourth-order valence-electron chi connectivity index (χ4n) is 2.42. The summed E-state index contributed by atoms with van der Waals surface area (Å²) in [5.74, 6) is -0.372. The Hall–Kier alpha value is -1.82. The molecule has 1 unspecified atom stereocenters. The smallest absolute Gasteiger partial charge is 0.129 e. The maximum Gasteiger partial charge on any atom is 0.129 e. The van der Waals surface area contributed by atoms with E-state index in [1.165, 1.54) is 6.07 Å². The Morgan fingerprint density at radius 2 is 1.91 bits per heavy atom. The lowest BCUT2D eigenvalue weighted by Gasteiger charge is -2.20. The number of nitrogens with zero attached hydrogens (tertiary/aromatic N) is 2. The molecule has 0 radical (unpaired) electrons. The van der Waals surface area contributed by atoms with Gasteiger partial charge in [-0.15, -0.1) is 11.3 Å². The lowest BCUT2D eigenvalue weighted by atomic mass is 10.1. The van der Waals surface area contributed by atoms with Gasteiger partial charge in [0.15, 0.2) is 0 Å². The summed E-state index contributed by atoms with van der Waals surface area (Å²) in [5.41, 5.74) is 1.32. The largest absolute Gasteiger partial charge is 0.387 e. The van der Waals surface area contributed by atoms with Crippen molar-refractivity contribution in [3.05, 3.63) is 64.9 Å². The molecule has 0 aliphatic heterocycles. The van der Waals surface area contributed by atoms with Crippen LogP contribution in [0.2, 0.25) is 0 Å². The van der Waals surface area contributed by atoms with Gasteiger partial charge in [-0.3, -0.25) is 4.90 Å². The molecule has 3 rings (SSSR count). The second kappa shape index (κ2) is 6.52. The minimum Gasteiger partial charge on any atom is -0.387 e. The van der Waals surface area contributed by atoms with Gasteiger partial charge in [0, 0.05) is 12.1 Å². The van der Waals surface area contributed by atoms with E-state index in [1.54, 1.807) is 29.5 Å². The maximum atomic E-state index is 13.7. The van der Waals surface area contributed by atoms with Crippen LogP contribution in [0.15, 0.2) is 48.5 Å². The van der Waals surface area contributed by atoms with Gasteiger partial charge >= 0.3 is 0 Å². The minimum atomic E-state index is -0.847. The molecule has 22 heavy (non-hydrogen) atoms. The molecule has 0 bridgehead atoms. The fourth-order valence-corrected chi connectivity index (χ4v) is 3.47. The van der Waals surface area contributed by atoms with Crippen molar-refractivity contribution in [2.75, 3.05) is 13.6 Å². The number of benzene rings is 2. The maximum absolute atomic E-state index is 13.7. The molecule has 0 saturated heterocycles. The van der Waals surface area contributed by atoms with E-state index in [9.17, 15) is 9.50 Å². The average molecular weight is 316 g/mol. The van der Waals surface area contributed by atoms with Gasteiger partial charge in [0.2, 0.25) is 0 Å². The summed E-state index contributed by atoms with van der Waals surface area (Å²) < 4.78 is 14.8. The van der Waals surface area contributed by atoms with Crippen molar-refractivity contribution in [2.45, 2.75) is 12.6 Å². The van der Waals surface area contributed by atoms with Crippen LogP contribution in [0.3, 0.4) is 0 Å². The standard InChI is InChI=1S/C17H17FN2OS/c1-20(10-15(21)12-6-2-3-7-13(12)18)11-17-19-14-8-4-5-9-16(14)22-17/h2-9,15,21H,10-11H2,1H3.